The summed E-state index contributed by atoms with van der Waals surface area (Å²) in [7, 11) is -4.05. The molecular formula is C20H16FN3O5S. The molecule has 10 heteroatoms. The lowest BCUT2D eigenvalue weighted by molar-refractivity contribution is -0.384. The van der Waals surface area contributed by atoms with E-state index in [4.69, 9.17) is 0 Å². The third kappa shape index (κ3) is 4.78. The lowest BCUT2D eigenvalue weighted by Crippen LogP contribution is -2.17. The number of halogens is 1. The molecule has 154 valence electrons. The molecule has 0 atom stereocenters. The zero-order valence-electron chi connectivity index (χ0n) is 15.6. The number of anilines is 2. The van der Waals surface area contributed by atoms with Gasteiger partial charge in [0.15, 0.2) is 0 Å². The first-order valence-corrected chi connectivity index (χ1v) is 10.1. The first kappa shape index (κ1) is 20.9. The Bertz CT molecular complexity index is 1230. The maximum Gasteiger partial charge on any atom is 0.271 e. The minimum atomic E-state index is -4.05. The second kappa shape index (κ2) is 8.29. The molecule has 3 aromatic rings. The van der Waals surface area contributed by atoms with Gasteiger partial charge in [0.05, 0.1) is 9.82 Å². The number of nitro benzene ring substituents is 1. The maximum absolute atomic E-state index is 13.0. The molecule has 0 spiro atoms. The highest BCUT2D eigenvalue weighted by atomic mass is 32.2. The van der Waals surface area contributed by atoms with Gasteiger partial charge in [0, 0.05) is 29.1 Å². The molecule has 0 aliphatic heterocycles. The molecule has 3 aromatic carbocycles. The van der Waals surface area contributed by atoms with Crippen molar-refractivity contribution in [2.45, 2.75) is 11.8 Å². The van der Waals surface area contributed by atoms with Crippen molar-refractivity contribution in [2.75, 3.05) is 10.0 Å². The van der Waals surface area contributed by atoms with Crippen LogP contribution in [0.15, 0.2) is 71.6 Å². The van der Waals surface area contributed by atoms with E-state index in [2.05, 4.69) is 10.0 Å². The molecule has 0 aliphatic carbocycles. The van der Waals surface area contributed by atoms with E-state index in [-0.39, 0.29) is 27.5 Å². The van der Waals surface area contributed by atoms with Crippen LogP contribution in [-0.2, 0) is 10.0 Å². The smallest absolute Gasteiger partial charge is 0.271 e. The van der Waals surface area contributed by atoms with E-state index in [1.54, 1.807) is 6.92 Å². The van der Waals surface area contributed by atoms with Crippen LogP contribution < -0.4 is 10.0 Å². The van der Waals surface area contributed by atoms with Gasteiger partial charge >= 0.3 is 0 Å². The maximum atomic E-state index is 13.0. The SMILES string of the molecule is Cc1ccc(C(=O)Nc2cccc([N+](=O)[O-])c2)cc1S(=O)(=O)Nc1ccc(F)cc1. The number of nitrogens with one attached hydrogen (secondary N) is 2. The van der Waals surface area contributed by atoms with Gasteiger partial charge in [0.25, 0.3) is 21.6 Å². The van der Waals surface area contributed by atoms with Gasteiger partial charge in [-0.2, -0.15) is 0 Å². The number of carbonyl (C=O) groups is 1. The van der Waals surface area contributed by atoms with Gasteiger partial charge in [-0.1, -0.05) is 12.1 Å². The molecule has 30 heavy (non-hydrogen) atoms. The molecule has 8 nitrogen and oxygen atoms in total. The van der Waals surface area contributed by atoms with Crippen LogP contribution in [0.1, 0.15) is 15.9 Å². The van der Waals surface area contributed by atoms with Crippen molar-refractivity contribution in [3.63, 3.8) is 0 Å². The summed E-state index contributed by atoms with van der Waals surface area (Å²) in [6.07, 6.45) is 0. The van der Waals surface area contributed by atoms with Crippen LogP contribution in [0.2, 0.25) is 0 Å². The Hall–Kier alpha value is -3.79. The van der Waals surface area contributed by atoms with E-state index in [0.717, 1.165) is 12.1 Å². The van der Waals surface area contributed by atoms with Gasteiger partial charge in [0.2, 0.25) is 0 Å². The Labute approximate surface area is 171 Å². The monoisotopic (exact) mass is 429 g/mol. The molecule has 0 saturated carbocycles. The summed E-state index contributed by atoms with van der Waals surface area (Å²) in [6.45, 7) is 1.57. The number of benzene rings is 3. The Morgan fingerprint density at radius 1 is 1.00 bits per heavy atom. The number of non-ortho nitro benzene ring substituents is 1. The molecular weight excluding hydrogens is 413 g/mol. The molecule has 3 rings (SSSR count). The summed E-state index contributed by atoms with van der Waals surface area (Å²) < 4.78 is 40.9. The number of nitro groups is 1. The highest BCUT2D eigenvalue weighted by Crippen LogP contribution is 2.23. The summed E-state index contributed by atoms with van der Waals surface area (Å²) in [5.74, 6) is -1.14. The van der Waals surface area contributed by atoms with Gasteiger partial charge in [0.1, 0.15) is 5.82 Å². The average molecular weight is 429 g/mol. The number of amides is 1. The molecule has 0 radical (unpaired) electrons. The molecule has 1 amide bonds. The number of aryl methyl sites for hydroxylation is 1. The Kier molecular flexibility index (Phi) is 5.79. The van der Waals surface area contributed by atoms with Crippen LogP contribution in [0.4, 0.5) is 21.5 Å². The van der Waals surface area contributed by atoms with Gasteiger partial charge < -0.3 is 5.32 Å². The van der Waals surface area contributed by atoms with Gasteiger partial charge in [-0.05, 0) is 55.0 Å². The molecule has 0 bridgehead atoms. The van der Waals surface area contributed by atoms with E-state index in [1.165, 1.54) is 54.6 Å². The van der Waals surface area contributed by atoms with Crippen molar-refractivity contribution >= 4 is 33.0 Å². The first-order valence-electron chi connectivity index (χ1n) is 8.60. The van der Waals surface area contributed by atoms with Crippen molar-refractivity contribution in [1.29, 1.82) is 0 Å². The van der Waals surface area contributed by atoms with Crippen LogP contribution in [0, 0.1) is 22.9 Å². The molecule has 0 aliphatic rings. The van der Waals surface area contributed by atoms with Crippen LogP contribution >= 0.6 is 0 Å². The van der Waals surface area contributed by atoms with Crippen molar-refractivity contribution in [2.24, 2.45) is 0 Å². The van der Waals surface area contributed by atoms with Crippen LogP contribution in [0.3, 0.4) is 0 Å². The largest absolute Gasteiger partial charge is 0.322 e. The molecule has 0 unspecified atom stereocenters. The molecule has 0 fully saturated rings. The number of hydrogen-bond donors (Lipinski definition) is 2. The van der Waals surface area contributed by atoms with E-state index in [0.29, 0.717) is 5.56 Å². The summed E-state index contributed by atoms with van der Waals surface area (Å²) in [4.78, 5) is 22.7. The van der Waals surface area contributed by atoms with Gasteiger partial charge in [-0.3, -0.25) is 19.6 Å². The Morgan fingerprint density at radius 2 is 1.70 bits per heavy atom. The predicted molar refractivity (Wildman–Crippen MR) is 109 cm³/mol. The van der Waals surface area contributed by atoms with Crippen molar-refractivity contribution in [1.82, 2.24) is 0 Å². The Morgan fingerprint density at radius 3 is 2.37 bits per heavy atom. The van der Waals surface area contributed by atoms with E-state index >= 15 is 0 Å². The summed E-state index contributed by atoms with van der Waals surface area (Å²) >= 11 is 0. The topological polar surface area (TPSA) is 118 Å². The highest BCUT2D eigenvalue weighted by Gasteiger charge is 2.20. The minimum absolute atomic E-state index is 0.0478. The minimum Gasteiger partial charge on any atom is -0.322 e. The van der Waals surface area contributed by atoms with Crippen molar-refractivity contribution < 1.29 is 22.5 Å². The standard InChI is InChI=1S/C20H16FN3O5S/c1-13-5-6-14(20(25)22-17-3-2-4-18(12-17)24(26)27)11-19(13)30(28,29)23-16-9-7-15(21)8-10-16/h2-12,23H,1H3,(H,22,25). The lowest BCUT2D eigenvalue weighted by atomic mass is 10.1. The van der Waals surface area contributed by atoms with Crippen LogP contribution in [0.5, 0.6) is 0 Å². The normalized spacial score (nSPS) is 11.0. The zero-order valence-corrected chi connectivity index (χ0v) is 16.4. The number of hydrogen-bond acceptors (Lipinski definition) is 5. The van der Waals surface area contributed by atoms with E-state index < -0.39 is 26.7 Å². The fraction of sp³-hybridized carbons (Fsp3) is 0.0500. The summed E-state index contributed by atoms with van der Waals surface area (Å²) in [5.41, 5.74) is 0.623. The van der Waals surface area contributed by atoms with Crippen LogP contribution in [0.25, 0.3) is 0 Å². The number of carbonyl (C=O) groups excluding carboxylic acids is 1. The second-order valence-electron chi connectivity index (χ2n) is 6.35. The average Bonchev–Trinajstić information content (AvgIpc) is 2.70. The first-order chi connectivity index (χ1) is 14.2. The lowest BCUT2D eigenvalue weighted by Gasteiger charge is -2.12. The van der Waals surface area contributed by atoms with Crippen LogP contribution in [-0.4, -0.2) is 19.2 Å². The quantitative estimate of drug-likeness (QED) is 0.452. The van der Waals surface area contributed by atoms with E-state index in [1.807, 2.05) is 0 Å². The number of rotatable bonds is 6. The highest BCUT2D eigenvalue weighted by molar-refractivity contribution is 7.92. The summed E-state index contributed by atoms with van der Waals surface area (Å²) in [6, 6.07) is 14.3. The predicted octanol–water partition coefficient (Wildman–Crippen LogP) is 4.10. The fourth-order valence-electron chi connectivity index (χ4n) is 2.66. The molecule has 0 saturated heterocycles. The third-order valence-electron chi connectivity index (χ3n) is 4.15. The molecule has 0 aromatic heterocycles. The van der Waals surface area contributed by atoms with Crippen molar-refractivity contribution in [3.05, 3.63) is 93.8 Å². The molecule has 2 N–H and O–H groups in total. The number of sulfonamides is 1. The van der Waals surface area contributed by atoms with Gasteiger partial charge in [-0.15, -0.1) is 0 Å². The third-order valence-corrected chi connectivity index (χ3v) is 5.67. The Balaban J connectivity index is 1.87. The fourth-order valence-corrected chi connectivity index (χ4v) is 3.99. The van der Waals surface area contributed by atoms with Crippen molar-refractivity contribution in [3.8, 4) is 0 Å². The number of nitrogens with zero attached hydrogens (tertiary/aromatic N) is 1. The van der Waals surface area contributed by atoms with Gasteiger partial charge in [-0.25, -0.2) is 12.8 Å². The molecule has 0 heterocycles. The second-order valence-corrected chi connectivity index (χ2v) is 8.01. The van der Waals surface area contributed by atoms with E-state index in [9.17, 15) is 27.7 Å². The summed E-state index contributed by atoms with van der Waals surface area (Å²) in [5, 5.41) is 13.4. The zero-order chi connectivity index (χ0) is 21.9.